The monoisotopic (exact) mass is 518 g/mol. The SMILES string of the molecule is CCCCCCCCCCCCCCCCCCCC[N+](CC)(CC)CCCN(C)C.[Br-]. The zero-order valence-electron chi connectivity index (χ0n) is 23.2. The van der Waals surface area contributed by atoms with Crippen LogP contribution < -0.4 is 17.0 Å². The van der Waals surface area contributed by atoms with E-state index in [1.165, 1.54) is 159 Å². The summed E-state index contributed by atoms with van der Waals surface area (Å²) in [6, 6.07) is 0. The minimum Gasteiger partial charge on any atom is -1.00 e. The van der Waals surface area contributed by atoms with Crippen molar-refractivity contribution in [3.8, 4) is 0 Å². The fraction of sp³-hybridized carbons (Fsp3) is 1.00. The summed E-state index contributed by atoms with van der Waals surface area (Å²) in [6.45, 7) is 13.7. The molecule has 0 amide bonds. The lowest BCUT2D eigenvalue weighted by molar-refractivity contribution is -0.925. The Hall–Kier alpha value is 0.400. The van der Waals surface area contributed by atoms with E-state index in [2.05, 4.69) is 39.8 Å². The zero-order chi connectivity index (χ0) is 23.0. The Morgan fingerprint density at radius 2 is 0.750 bits per heavy atom. The predicted octanol–water partition coefficient (Wildman–Crippen LogP) is 5.84. The van der Waals surface area contributed by atoms with Gasteiger partial charge in [0.1, 0.15) is 0 Å². The second-order valence-electron chi connectivity index (χ2n) is 10.6. The van der Waals surface area contributed by atoms with Crippen molar-refractivity contribution in [2.24, 2.45) is 0 Å². The molecule has 2 nitrogen and oxygen atoms in total. The average molecular weight is 520 g/mol. The van der Waals surface area contributed by atoms with Crippen molar-refractivity contribution in [2.45, 2.75) is 143 Å². The van der Waals surface area contributed by atoms with E-state index < -0.39 is 0 Å². The first kappa shape index (κ1) is 34.6. The molecule has 3 heteroatoms. The molecule has 0 heterocycles. The van der Waals surface area contributed by atoms with Crippen LogP contribution in [-0.4, -0.2) is 56.2 Å². The van der Waals surface area contributed by atoms with Crippen molar-refractivity contribution >= 4 is 0 Å². The number of unbranched alkanes of at least 4 members (excludes halogenated alkanes) is 17. The van der Waals surface area contributed by atoms with Crippen LogP contribution in [0.3, 0.4) is 0 Å². The summed E-state index contributed by atoms with van der Waals surface area (Å²) < 4.78 is 1.34. The molecule has 0 unspecified atom stereocenters. The second kappa shape index (κ2) is 26.0. The van der Waals surface area contributed by atoms with E-state index >= 15 is 0 Å². The van der Waals surface area contributed by atoms with Gasteiger partial charge < -0.3 is 26.4 Å². The smallest absolute Gasteiger partial charge is 0.0798 e. The molecule has 0 N–H and O–H groups in total. The van der Waals surface area contributed by atoms with Gasteiger partial charge in [0.25, 0.3) is 0 Å². The predicted molar refractivity (Wildman–Crippen MR) is 143 cm³/mol. The largest absolute Gasteiger partial charge is 1.00 e. The molecule has 0 saturated carbocycles. The molecule has 0 aromatic rings. The third-order valence-electron chi connectivity index (χ3n) is 7.57. The molecule has 0 rings (SSSR count). The van der Waals surface area contributed by atoms with Gasteiger partial charge >= 0.3 is 0 Å². The number of hydrogen-bond acceptors (Lipinski definition) is 1. The summed E-state index contributed by atoms with van der Waals surface area (Å²) in [5.41, 5.74) is 0. The molecule has 0 fully saturated rings. The van der Waals surface area contributed by atoms with Crippen LogP contribution in [0, 0.1) is 0 Å². The number of nitrogens with zero attached hydrogens (tertiary/aromatic N) is 2. The highest BCUT2D eigenvalue weighted by Crippen LogP contribution is 2.16. The minimum absolute atomic E-state index is 0. The summed E-state index contributed by atoms with van der Waals surface area (Å²) in [6.07, 6.45) is 27.7. The summed E-state index contributed by atoms with van der Waals surface area (Å²) in [5, 5.41) is 0. The van der Waals surface area contributed by atoms with Crippen molar-refractivity contribution in [2.75, 3.05) is 46.8 Å². The minimum atomic E-state index is 0. The Morgan fingerprint density at radius 3 is 1.06 bits per heavy atom. The van der Waals surface area contributed by atoms with Gasteiger partial charge in [-0.2, -0.15) is 0 Å². The van der Waals surface area contributed by atoms with Crippen LogP contribution in [0.4, 0.5) is 0 Å². The fourth-order valence-corrected chi connectivity index (χ4v) is 5.04. The van der Waals surface area contributed by atoms with Crippen molar-refractivity contribution in [1.29, 1.82) is 0 Å². The zero-order valence-corrected chi connectivity index (χ0v) is 24.8. The number of rotatable bonds is 25. The first-order chi connectivity index (χ1) is 15.1. The number of halogens is 1. The van der Waals surface area contributed by atoms with Crippen LogP contribution in [0.25, 0.3) is 0 Å². The van der Waals surface area contributed by atoms with Gasteiger partial charge in [-0.25, -0.2) is 0 Å². The molecule has 0 aliphatic rings. The lowest BCUT2D eigenvalue weighted by Gasteiger charge is -2.37. The van der Waals surface area contributed by atoms with Crippen LogP contribution >= 0.6 is 0 Å². The van der Waals surface area contributed by atoms with Gasteiger partial charge in [-0.15, -0.1) is 0 Å². The molecule has 0 radical (unpaired) electrons. The van der Waals surface area contributed by atoms with Crippen LogP contribution in [0.1, 0.15) is 143 Å². The Morgan fingerprint density at radius 1 is 0.438 bits per heavy atom. The fourth-order valence-electron chi connectivity index (χ4n) is 5.04. The standard InChI is InChI=1S/C29H63N2.BrH/c1-6-9-10-11-12-13-14-15-16-17-18-19-20-21-22-23-24-25-28-31(7-2,8-3)29-26-27-30(4)5;/h6-29H2,1-5H3;1H/q+1;/p-1. The lowest BCUT2D eigenvalue weighted by Crippen LogP contribution is -3.00. The van der Waals surface area contributed by atoms with Crippen molar-refractivity contribution in [3.05, 3.63) is 0 Å². The highest BCUT2D eigenvalue weighted by atomic mass is 79.9. The summed E-state index contributed by atoms with van der Waals surface area (Å²) in [5.74, 6) is 0. The first-order valence-electron chi connectivity index (χ1n) is 14.6. The molecule has 0 aliphatic carbocycles. The van der Waals surface area contributed by atoms with Crippen molar-refractivity contribution in [3.63, 3.8) is 0 Å². The molecule has 0 aromatic heterocycles. The van der Waals surface area contributed by atoms with Gasteiger partial charge in [-0.1, -0.05) is 110 Å². The summed E-state index contributed by atoms with van der Waals surface area (Å²) in [4.78, 5) is 2.33. The van der Waals surface area contributed by atoms with Crippen LogP contribution in [0.5, 0.6) is 0 Å². The van der Waals surface area contributed by atoms with E-state index in [9.17, 15) is 0 Å². The molecular weight excluding hydrogens is 456 g/mol. The van der Waals surface area contributed by atoms with E-state index in [0.29, 0.717) is 0 Å². The molecule has 0 spiro atoms. The maximum Gasteiger partial charge on any atom is 0.0798 e. The van der Waals surface area contributed by atoms with Gasteiger partial charge in [0.2, 0.25) is 0 Å². The Bertz CT molecular complexity index is 342. The van der Waals surface area contributed by atoms with Crippen LogP contribution in [-0.2, 0) is 0 Å². The molecule has 0 aromatic carbocycles. The third kappa shape index (κ3) is 22.2. The van der Waals surface area contributed by atoms with E-state index in [1.54, 1.807) is 0 Å². The van der Waals surface area contributed by atoms with E-state index in [-0.39, 0.29) is 17.0 Å². The second-order valence-corrected chi connectivity index (χ2v) is 10.6. The summed E-state index contributed by atoms with van der Waals surface area (Å²) in [7, 11) is 4.40. The molecule has 0 aliphatic heterocycles. The molecule has 0 saturated heterocycles. The maximum atomic E-state index is 2.40. The lowest BCUT2D eigenvalue weighted by atomic mass is 10.0. The molecular formula is C29H63BrN2. The quantitative estimate of drug-likeness (QED) is 0.108. The number of quaternary nitrogens is 1. The molecule has 196 valence electrons. The number of hydrogen-bond donors (Lipinski definition) is 0. The topological polar surface area (TPSA) is 3.24 Å². The Labute approximate surface area is 215 Å². The highest BCUT2D eigenvalue weighted by molar-refractivity contribution is 4.52. The highest BCUT2D eigenvalue weighted by Gasteiger charge is 2.21. The van der Waals surface area contributed by atoms with E-state index in [4.69, 9.17) is 0 Å². The molecule has 32 heavy (non-hydrogen) atoms. The van der Waals surface area contributed by atoms with Crippen LogP contribution in [0.15, 0.2) is 0 Å². The van der Waals surface area contributed by atoms with Gasteiger partial charge in [-0.05, 0) is 40.8 Å². The molecule has 0 bridgehead atoms. The third-order valence-corrected chi connectivity index (χ3v) is 7.57. The molecule has 0 atom stereocenters. The first-order valence-corrected chi connectivity index (χ1v) is 14.6. The van der Waals surface area contributed by atoms with Gasteiger partial charge in [0.05, 0.1) is 26.2 Å². The van der Waals surface area contributed by atoms with Crippen molar-refractivity contribution in [1.82, 2.24) is 4.90 Å². The summed E-state index contributed by atoms with van der Waals surface area (Å²) >= 11 is 0. The van der Waals surface area contributed by atoms with E-state index in [1.807, 2.05) is 0 Å². The van der Waals surface area contributed by atoms with Gasteiger partial charge in [-0.3, -0.25) is 0 Å². The average Bonchev–Trinajstić information content (AvgIpc) is 2.77. The van der Waals surface area contributed by atoms with Gasteiger partial charge in [0.15, 0.2) is 0 Å². The van der Waals surface area contributed by atoms with Crippen LogP contribution in [0.2, 0.25) is 0 Å². The Kier molecular flexibility index (Phi) is 28.1. The van der Waals surface area contributed by atoms with E-state index in [0.717, 1.165) is 0 Å². The normalized spacial score (nSPS) is 11.8. The van der Waals surface area contributed by atoms with Crippen molar-refractivity contribution < 1.29 is 21.5 Å². The van der Waals surface area contributed by atoms with Gasteiger partial charge in [0, 0.05) is 13.0 Å². The Balaban J connectivity index is 0. The maximum absolute atomic E-state index is 2.40.